The second-order valence-electron chi connectivity index (χ2n) is 7.94. The van der Waals surface area contributed by atoms with E-state index >= 15 is 0 Å². The van der Waals surface area contributed by atoms with Crippen LogP contribution < -0.4 is 10.9 Å². The van der Waals surface area contributed by atoms with Gasteiger partial charge in [0.1, 0.15) is 5.58 Å². The van der Waals surface area contributed by atoms with E-state index < -0.39 is 0 Å². The zero-order valence-corrected chi connectivity index (χ0v) is 17.9. The molecule has 0 fully saturated rings. The predicted octanol–water partition coefficient (Wildman–Crippen LogP) is 4.43. The van der Waals surface area contributed by atoms with Gasteiger partial charge in [-0.05, 0) is 83.6 Å². The van der Waals surface area contributed by atoms with Crippen LogP contribution in [0.25, 0.3) is 16.7 Å². The van der Waals surface area contributed by atoms with Crippen LogP contribution >= 0.6 is 0 Å². The molecule has 2 heterocycles. The molecule has 0 saturated carbocycles. The Kier molecular flexibility index (Phi) is 5.11. The number of fused-ring (bicyclic) bond motifs is 1. The van der Waals surface area contributed by atoms with Crippen molar-refractivity contribution in [3.8, 4) is 5.69 Å². The Hall–Kier alpha value is -3.48. The zero-order valence-electron chi connectivity index (χ0n) is 17.9. The van der Waals surface area contributed by atoms with E-state index in [0.29, 0.717) is 18.0 Å². The van der Waals surface area contributed by atoms with Crippen molar-refractivity contribution in [3.63, 3.8) is 0 Å². The maximum absolute atomic E-state index is 12.1. The van der Waals surface area contributed by atoms with E-state index in [9.17, 15) is 4.79 Å². The second-order valence-corrected chi connectivity index (χ2v) is 7.94. The van der Waals surface area contributed by atoms with Gasteiger partial charge in [0.2, 0.25) is 0 Å². The number of hydrogen-bond donors (Lipinski definition) is 1. The molecule has 7 heteroatoms. The Labute approximate surface area is 174 Å². The Bertz CT molecular complexity index is 1290. The molecular weight excluding hydrogens is 378 g/mol. The third-order valence-electron chi connectivity index (χ3n) is 5.38. The first-order valence-electron chi connectivity index (χ1n) is 10.0. The van der Waals surface area contributed by atoms with Crippen molar-refractivity contribution >= 4 is 16.7 Å². The molecule has 4 rings (SSSR count). The van der Waals surface area contributed by atoms with Crippen molar-refractivity contribution in [2.45, 2.75) is 47.1 Å². The summed E-state index contributed by atoms with van der Waals surface area (Å²) < 4.78 is 7.17. The van der Waals surface area contributed by atoms with Gasteiger partial charge in [0.05, 0.1) is 5.69 Å². The minimum atomic E-state index is -0.343. The van der Waals surface area contributed by atoms with Gasteiger partial charge in [0.25, 0.3) is 0 Å². The number of hydrogen-bond acceptors (Lipinski definition) is 6. The SMILES string of the molecule is Cc1cc2oc(=O)cc(CNc3ccc(C)c(-n4nnnc4C)c3)c2cc1C(C)C. The minimum Gasteiger partial charge on any atom is -0.423 e. The normalized spacial score (nSPS) is 11.4. The lowest BCUT2D eigenvalue weighted by Crippen LogP contribution is -2.08. The van der Waals surface area contributed by atoms with Gasteiger partial charge in [-0.15, -0.1) is 5.10 Å². The lowest BCUT2D eigenvalue weighted by molar-refractivity contribution is 0.558. The van der Waals surface area contributed by atoms with E-state index in [0.717, 1.165) is 39.3 Å². The van der Waals surface area contributed by atoms with Gasteiger partial charge in [-0.25, -0.2) is 4.79 Å². The van der Waals surface area contributed by atoms with Gasteiger partial charge in [0.15, 0.2) is 5.82 Å². The smallest absolute Gasteiger partial charge is 0.336 e. The molecule has 0 amide bonds. The molecule has 0 radical (unpaired) electrons. The largest absolute Gasteiger partial charge is 0.423 e. The van der Waals surface area contributed by atoms with Crippen LogP contribution in [0.5, 0.6) is 0 Å². The molecule has 1 N–H and O–H groups in total. The average Bonchev–Trinajstić information content (AvgIpc) is 3.11. The fourth-order valence-corrected chi connectivity index (χ4v) is 3.76. The molecule has 0 atom stereocenters. The van der Waals surface area contributed by atoms with E-state index in [1.165, 1.54) is 5.56 Å². The maximum Gasteiger partial charge on any atom is 0.336 e. The predicted molar refractivity (Wildman–Crippen MR) is 117 cm³/mol. The molecule has 0 spiro atoms. The summed E-state index contributed by atoms with van der Waals surface area (Å²) in [6.45, 7) is 10.8. The lowest BCUT2D eigenvalue weighted by Gasteiger charge is -2.14. The first-order chi connectivity index (χ1) is 14.3. The van der Waals surface area contributed by atoms with Crippen molar-refractivity contribution in [1.29, 1.82) is 0 Å². The molecule has 0 unspecified atom stereocenters. The summed E-state index contributed by atoms with van der Waals surface area (Å²) in [5.74, 6) is 1.11. The first-order valence-corrected chi connectivity index (χ1v) is 10.0. The van der Waals surface area contributed by atoms with E-state index in [-0.39, 0.29) is 5.63 Å². The zero-order chi connectivity index (χ0) is 21.4. The minimum absolute atomic E-state index is 0.343. The van der Waals surface area contributed by atoms with Crippen LogP contribution in [0, 0.1) is 20.8 Å². The highest BCUT2D eigenvalue weighted by Gasteiger charge is 2.12. The molecule has 2 aromatic carbocycles. The third-order valence-corrected chi connectivity index (χ3v) is 5.38. The quantitative estimate of drug-likeness (QED) is 0.496. The van der Waals surface area contributed by atoms with Crippen molar-refractivity contribution < 1.29 is 4.42 Å². The molecule has 30 heavy (non-hydrogen) atoms. The van der Waals surface area contributed by atoms with Crippen LogP contribution in [0.4, 0.5) is 5.69 Å². The third kappa shape index (κ3) is 3.70. The van der Waals surface area contributed by atoms with Gasteiger partial charge in [-0.2, -0.15) is 4.68 Å². The fraction of sp³-hybridized carbons (Fsp3) is 0.304. The number of rotatable bonds is 5. The van der Waals surface area contributed by atoms with E-state index in [2.05, 4.69) is 47.7 Å². The lowest BCUT2D eigenvalue weighted by atomic mass is 9.95. The number of nitrogens with one attached hydrogen (secondary N) is 1. The molecule has 0 bridgehead atoms. The standard InChI is InChI=1S/C23H25N5O2/c1-13(2)19-11-20-17(9-23(29)30-22(20)8-15(19)4)12-24-18-7-6-14(3)21(10-18)28-16(5)25-26-27-28/h6-11,13,24H,12H2,1-5H3. The van der Waals surface area contributed by atoms with Crippen LogP contribution in [0.3, 0.4) is 0 Å². The second kappa shape index (κ2) is 7.74. The maximum atomic E-state index is 12.1. The average molecular weight is 403 g/mol. The van der Waals surface area contributed by atoms with Crippen molar-refractivity contribution in [2.75, 3.05) is 5.32 Å². The van der Waals surface area contributed by atoms with E-state index in [1.807, 2.05) is 38.1 Å². The van der Waals surface area contributed by atoms with Crippen molar-refractivity contribution in [3.05, 3.63) is 74.9 Å². The van der Waals surface area contributed by atoms with Crippen LogP contribution in [0.2, 0.25) is 0 Å². The summed E-state index contributed by atoms with van der Waals surface area (Å²) in [7, 11) is 0. The number of nitrogens with zero attached hydrogens (tertiary/aromatic N) is 4. The Morgan fingerprint density at radius 2 is 1.87 bits per heavy atom. The Morgan fingerprint density at radius 3 is 2.57 bits per heavy atom. The van der Waals surface area contributed by atoms with E-state index in [4.69, 9.17) is 4.42 Å². The summed E-state index contributed by atoms with van der Waals surface area (Å²) in [4.78, 5) is 12.1. The molecule has 2 aromatic heterocycles. The molecule has 0 aliphatic carbocycles. The number of aryl methyl sites for hydroxylation is 3. The Balaban J connectivity index is 1.69. The first kappa shape index (κ1) is 19.8. The van der Waals surface area contributed by atoms with Crippen LogP contribution in [0.15, 0.2) is 45.6 Å². The van der Waals surface area contributed by atoms with Crippen LogP contribution in [-0.2, 0) is 6.54 Å². The summed E-state index contributed by atoms with van der Waals surface area (Å²) in [6.07, 6.45) is 0. The van der Waals surface area contributed by atoms with Gasteiger partial charge in [-0.1, -0.05) is 19.9 Å². The number of tetrazole rings is 1. The molecular formula is C23H25N5O2. The summed E-state index contributed by atoms with van der Waals surface area (Å²) in [5, 5.41) is 16.2. The molecule has 154 valence electrons. The van der Waals surface area contributed by atoms with Gasteiger partial charge in [0, 0.05) is 23.7 Å². The van der Waals surface area contributed by atoms with Crippen LogP contribution in [-0.4, -0.2) is 20.2 Å². The molecule has 0 saturated heterocycles. The number of aromatic nitrogens is 4. The number of anilines is 1. The Morgan fingerprint density at radius 1 is 1.07 bits per heavy atom. The molecule has 0 aliphatic heterocycles. The molecule has 0 aliphatic rings. The van der Waals surface area contributed by atoms with Crippen molar-refractivity contribution in [1.82, 2.24) is 20.2 Å². The van der Waals surface area contributed by atoms with Crippen LogP contribution in [0.1, 0.15) is 47.8 Å². The fourth-order valence-electron chi connectivity index (χ4n) is 3.76. The topological polar surface area (TPSA) is 85.8 Å². The highest BCUT2D eigenvalue weighted by molar-refractivity contribution is 5.82. The molecule has 4 aromatic rings. The van der Waals surface area contributed by atoms with E-state index in [1.54, 1.807) is 10.7 Å². The highest BCUT2D eigenvalue weighted by Crippen LogP contribution is 2.27. The summed E-state index contributed by atoms with van der Waals surface area (Å²) in [6, 6.07) is 11.7. The summed E-state index contributed by atoms with van der Waals surface area (Å²) >= 11 is 0. The highest BCUT2D eigenvalue weighted by atomic mass is 16.4. The van der Waals surface area contributed by atoms with Gasteiger partial charge in [-0.3, -0.25) is 0 Å². The van der Waals surface area contributed by atoms with Gasteiger partial charge < -0.3 is 9.73 Å². The van der Waals surface area contributed by atoms with Gasteiger partial charge >= 0.3 is 5.63 Å². The van der Waals surface area contributed by atoms with Crippen molar-refractivity contribution in [2.24, 2.45) is 0 Å². The summed E-state index contributed by atoms with van der Waals surface area (Å²) in [5.41, 5.74) is 6.47. The monoisotopic (exact) mass is 403 g/mol. The molecule has 7 nitrogen and oxygen atoms in total. The number of benzene rings is 2.